The smallest absolute Gasteiger partial charge is 0.0544 e. The van der Waals surface area contributed by atoms with E-state index in [0.717, 1.165) is 25.9 Å². The van der Waals surface area contributed by atoms with Crippen LogP contribution in [0.5, 0.6) is 0 Å². The van der Waals surface area contributed by atoms with Gasteiger partial charge >= 0.3 is 0 Å². The SMILES string of the molecule is C/C=C\C=C/CC.CC.CC.CC.CC1=C(c2cc3c4ccccc4n(-c4ccc(CN(C)NCc5ccccc5)cc4)c3cc2C)C=CC1.Cc1ccccc1. The van der Waals surface area contributed by atoms with Crippen LogP contribution in [-0.2, 0) is 13.1 Å². The zero-order valence-corrected chi connectivity index (χ0v) is 37.2. The minimum absolute atomic E-state index is 0.824. The second-order valence-electron chi connectivity index (χ2n) is 13.2. The quantitative estimate of drug-likeness (QED) is 0.117. The topological polar surface area (TPSA) is 20.2 Å². The molecule has 0 aliphatic heterocycles. The number of rotatable bonds is 9. The first-order valence-electron chi connectivity index (χ1n) is 21.2. The molecule has 3 nitrogen and oxygen atoms in total. The number of nitrogens with zero attached hydrogens (tertiary/aromatic N) is 2. The molecule has 1 aliphatic rings. The summed E-state index contributed by atoms with van der Waals surface area (Å²) < 4.78 is 2.41. The van der Waals surface area contributed by atoms with Crippen molar-refractivity contribution in [3.8, 4) is 5.69 Å². The molecule has 0 radical (unpaired) electrons. The Balaban J connectivity index is 0.000000467. The Kier molecular flexibility index (Phi) is 23.0. The van der Waals surface area contributed by atoms with Gasteiger partial charge in [-0.25, -0.2) is 5.01 Å². The summed E-state index contributed by atoms with van der Waals surface area (Å²) in [5.41, 5.74) is 16.6. The molecule has 0 atom stereocenters. The third kappa shape index (κ3) is 14.7. The molecule has 1 heterocycles. The number of para-hydroxylation sites is 1. The molecule has 0 bridgehead atoms. The van der Waals surface area contributed by atoms with Gasteiger partial charge in [0.25, 0.3) is 0 Å². The average molecular weight is 762 g/mol. The van der Waals surface area contributed by atoms with Gasteiger partial charge in [-0.3, -0.25) is 5.43 Å². The van der Waals surface area contributed by atoms with Gasteiger partial charge in [-0.05, 0) is 98.7 Å². The van der Waals surface area contributed by atoms with Crippen LogP contribution in [0.25, 0.3) is 33.1 Å². The molecule has 0 saturated heterocycles. The van der Waals surface area contributed by atoms with E-state index in [4.69, 9.17) is 0 Å². The van der Waals surface area contributed by atoms with E-state index >= 15 is 0 Å². The Morgan fingerprint density at radius 3 is 1.84 bits per heavy atom. The minimum Gasteiger partial charge on any atom is -0.309 e. The summed E-state index contributed by atoms with van der Waals surface area (Å²) in [6.07, 6.45) is 15.0. The van der Waals surface area contributed by atoms with Crippen LogP contribution in [0.1, 0.15) is 103 Å². The highest BCUT2D eigenvalue weighted by molar-refractivity contribution is 6.10. The number of hydrogen-bond acceptors (Lipinski definition) is 2. The average Bonchev–Trinajstić information content (AvgIpc) is 3.83. The zero-order chi connectivity index (χ0) is 42.0. The fourth-order valence-corrected chi connectivity index (χ4v) is 6.38. The molecule has 0 saturated carbocycles. The summed E-state index contributed by atoms with van der Waals surface area (Å²) in [5, 5.41) is 4.76. The number of hydrazine groups is 1. The molecule has 6 aromatic rings. The third-order valence-corrected chi connectivity index (χ3v) is 9.10. The lowest BCUT2D eigenvalue weighted by Crippen LogP contribution is -2.33. The maximum absolute atomic E-state index is 3.50. The monoisotopic (exact) mass is 762 g/mol. The Labute approximate surface area is 347 Å². The lowest BCUT2D eigenvalue weighted by atomic mass is 9.96. The number of aromatic nitrogens is 1. The van der Waals surface area contributed by atoms with Crippen LogP contribution in [-0.4, -0.2) is 16.6 Å². The molecule has 1 N–H and O–H groups in total. The van der Waals surface area contributed by atoms with Crippen LogP contribution in [0.3, 0.4) is 0 Å². The van der Waals surface area contributed by atoms with Crippen molar-refractivity contribution < 1.29 is 0 Å². The Morgan fingerprint density at radius 2 is 1.28 bits per heavy atom. The molecule has 302 valence electrons. The van der Waals surface area contributed by atoms with Crippen molar-refractivity contribution in [1.29, 1.82) is 0 Å². The number of aryl methyl sites for hydroxylation is 2. The number of allylic oxidation sites excluding steroid dienone is 8. The molecule has 57 heavy (non-hydrogen) atoms. The van der Waals surface area contributed by atoms with Crippen LogP contribution in [0.4, 0.5) is 0 Å². The highest BCUT2D eigenvalue weighted by Gasteiger charge is 2.17. The van der Waals surface area contributed by atoms with Gasteiger partial charge in [0.1, 0.15) is 0 Å². The van der Waals surface area contributed by atoms with Crippen molar-refractivity contribution >= 4 is 27.4 Å². The first kappa shape index (κ1) is 47.9. The summed E-state index contributed by atoms with van der Waals surface area (Å²) >= 11 is 0. The van der Waals surface area contributed by atoms with Gasteiger partial charge in [0.15, 0.2) is 0 Å². The van der Waals surface area contributed by atoms with Crippen LogP contribution in [0.2, 0.25) is 0 Å². The second kappa shape index (κ2) is 27.4. The fraction of sp³-hybridized carbons (Fsp3) is 0.296. The van der Waals surface area contributed by atoms with E-state index in [0.29, 0.717) is 0 Å². The molecule has 0 fully saturated rings. The van der Waals surface area contributed by atoms with Crippen molar-refractivity contribution in [2.24, 2.45) is 0 Å². The summed E-state index contributed by atoms with van der Waals surface area (Å²) in [5.74, 6) is 0. The minimum atomic E-state index is 0.824. The van der Waals surface area contributed by atoms with E-state index in [2.05, 4.69) is 177 Å². The molecule has 1 aliphatic carbocycles. The standard InChI is InChI=1S/C34H33N3.C7H8.C7H12.3C2H6/c1-24-10-9-14-29(24)31-21-32-30-13-7-8-15-33(30)37(34(32)20-25(31)2)28-18-16-27(17-19-28)23-36(3)35-22-26-11-5-4-6-12-26;1-7-5-3-2-4-6-7;1-3-5-7-6-4-2;3*1-2/h4-9,11-21,35H,10,22-23H2,1-3H3;2-6H,1H3;3,5-7H,4H2,1-2H3;3*1-2H3/b;;5-3-,7-6-;;;. The molecular formula is C54H71N3. The van der Waals surface area contributed by atoms with Crippen LogP contribution >= 0.6 is 0 Å². The van der Waals surface area contributed by atoms with Crippen molar-refractivity contribution in [3.05, 3.63) is 191 Å². The van der Waals surface area contributed by atoms with Gasteiger partial charge in [0.05, 0.1) is 11.0 Å². The highest BCUT2D eigenvalue weighted by Crippen LogP contribution is 2.37. The molecule has 1 aromatic heterocycles. The predicted octanol–water partition coefficient (Wildman–Crippen LogP) is 15.6. The van der Waals surface area contributed by atoms with Gasteiger partial charge in [-0.2, -0.15) is 0 Å². The van der Waals surface area contributed by atoms with Crippen molar-refractivity contribution in [3.63, 3.8) is 0 Å². The van der Waals surface area contributed by atoms with Crippen LogP contribution in [0, 0.1) is 13.8 Å². The van der Waals surface area contributed by atoms with E-state index in [1.807, 2.05) is 78.8 Å². The summed E-state index contributed by atoms with van der Waals surface area (Å²) in [6, 6.07) is 43.3. The van der Waals surface area contributed by atoms with Crippen LogP contribution < -0.4 is 5.43 Å². The van der Waals surface area contributed by atoms with E-state index in [1.165, 1.54) is 66.5 Å². The van der Waals surface area contributed by atoms with Gasteiger partial charge < -0.3 is 4.57 Å². The summed E-state index contributed by atoms with van der Waals surface area (Å²) in [7, 11) is 2.10. The van der Waals surface area contributed by atoms with Crippen molar-refractivity contribution in [2.45, 2.75) is 102 Å². The predicted molar refractivity (Wildman–Crippen MR) is 256 cm³/mol. The summed E-state index contributed by atoms with van der Waals surface area (Å²) in [4.78, 5) is 0. The Bertz CT molecular complexity index is 2110. The van der Waals surface area contributed by atoms with Crippen LogP contribution in [0.15, 0.2) is 163 Å². The van der Waals surface area contributed by atoms with Crippen molar-refractivity contribution in [2.75, 3.05) is 7.05 Å². The van der Waals surface area contributed by atoms with E-state index in [9.17, 15) is 0 Å². The summed E-state index contributed by atoms with van der Waals surface area (Å²) in [6.45, 7) is 24.4. The highest BCUT2D eigenvalue weighted by atomic mass is 15.5. The Hall–Kier alpha value is -5.22. The van der Waals surface area contributed by atoms with E-state index < -0.39 is 0 Å². The number of fused-ring (bicyclic) bond motifs is 3. The number of benzene rings is 5. The van der Waals surface area contributed by atoms with E-state index in [-0.39, 0.29) is 0 Å². The molecule has 3 heteroatoms. The maximum Gasteiger partial charge on any atom is 0.0544 e. The normalized spacial score (nSPS) is 11.6. The Morgan fingerprint density at radius 1 is 0.667 bits per heavy atom. The lowest BCUT2D eigenvalue weighted by molar-refractivity contribution is 0.222. The first-order chi connectivity index (χ1) is 27.9. The fourth-order valence-electron chi connectivity index (χ4n) is 6.38. The zero-order valence-electron chi connectivity index (χ0n) is 37.2. The molecule has 7 rings (SSSR count). The van der Waals surface area contributed by atoms with Gasteiger partial charge in [-0.1, -0.05) is 187 Å². The molecular weight excluding hydrogens is 691 g/mol. The lowest BCUT2D eigenvalue weighted by Gasteiger charge is -2.19. The molecule has 0 unspecified atom stereocenters. The molecule has 5 aromatic carbocycles. The van der Waals surface area contributed by atoms with Gasteiger partial charge in [0, 0.05) is 36.6 Å². The van der Waals surface area contributed by atoms with Crippen molar-refractivity contribution in [1.82, 2.24) is 15.0 Å². The third-order valence-electron chi connectivity index (χ3n) is 9.10. The second-order valence-corrected chi connectivity index (χ2v) is 13.2. The van der Waals surface area contributed by atoms with E-state index in [1.54, 1.807) is 0 Å². The van der Waals surface area contributed by atoms with Gasteiger partial charge in [0.2, 0.25) is 0 Å². The molecule has 0 spiro atoms. The number of hydrogen-bond donors (Lipinski definition) is 1. The number of nitrogens with one attached hydrogen (secondary N) is 1. The maximum atomic E-state index is 3.50. The molecule has 0 amide bonds. The first-order valence-corrected chi connectivity index (χ1v) is 21.2. The largest absolute Gasteiger partial charge is 0.309 e. The van der Waals surface area contributed by atoms with Gasteiger partial charge in [-0.15, -0.1) is 0 Å².